The van der Waals surface area contributed by atoms with Crippen molar-refractivity contribution in [2.24, 2.45) is 0 Å². The number of thiophene rings is 1. The van der Waals surface area contributed by atoms with E-state index in [1.165, 1.54) is 16.7 Å². The molecule has 1 unspecified atom stereocenters. The molecular formula is C16H18O2S. The normalized spacial score (nSPS) is 15.1. The van der Waals surface area contributed by atoms with Crippen molar-refractivity contribution < 1.29 is 9.84 Å². The van der Waals surface area contributed by atoms with Crippen LogP contribution in [-0.4, -0.2) is 11.7 Å². The summed E-state index contributed by atoms with van der Waals surface area (Å²) in [6, 6.07) is 6.38. The van der Waals surface area contributed by atoms with Crippen molar-refractivity contribution in [3.8, 4) is 5.75 Å². The molecule has 19 heavy (non-hydrogen) atoms. The fourth-order valence-electron chi connectivity index (χ4n) is 2.57. The quantitative estimate of drug-likeness (QED) is 0.922. The molecule has 0 spiro atoms. The second kappa shape index (κ2) is 5.35. The topological polar surface area (TPSA) is 29.5 Å². The molecule has 1 N–H and O–H groups in total. The second-order valence-corrected chi connectivity index (χ2v) is 5.85. The number of hydrogen-bond acceptors (Lipinski definition) is 3. The predicted molar refractivity (Wildman–Crippen MR) is 78.0 cm³/mol. The van der Waals surface area contributed by atoms with Crippen LogP contribution >= 0.6 is 11.3 Å². The van der Waals surface area contributed by atoms with E-state index in [4.69, 9.17) is 4.74 Å². The summed E-state index contributed by atoms with van der Waals surface area (Å²) < 4.78 is 5.51. The molecule has 100 valence electrons. The van der Waals surface area contributed by atoms with Gasteiger partial charge in [-0.1, -0.05) is 12.1 Å². The Morgan fingerprint density at radius 1 is 1.37 bits per heavy atom. The van der Waals surface area contributed by atoms with Crippen LogP contribution < -0.4 is 4.74 Å². The van der Waals surface area contributed by atoms with E-state index in [-0.39, 0.29) is 6.10 Å². The summed E-state index contributed by atoms with van der Waals surface area (Å²) in [4.78, 5) is 0. The smallest absolute Gasteiger partial charge is 0.122 e. The van der Waals surface area contributed by atoms with E-state index < -0.39 is 0 Å². The highest BCUT2D eigenvalue weighted by Gasteiger charge is 2.14. The number of hydrogen-bond donors (Lipinski definition) is 1. The Morgan fingerprint density at radius 3 is 3.05 bits per heavy atom. The third kappa shape index (κ3) is 2.67. The molecule has 0 radical (unpaired) electrons. The first kappa shape index (κ1) is 12.7. The number of rotatable bonds is 4. The van der Waals surface area contributed by atoms with E-state index in [0.29, 0.717) is 0 Å². The van der Waals surface area contributed by atoms with Crippen molar-refractivity contribution in [1.29, 1.82) is 0 Å². The van der Waals surface area contributed by atoms with Gasteiger partial charge in [0.25, 0.3) is 0 Å². The summed E-state index contributed by atoms with van der Waals surface area (Å²) in [7, 11) is 0. The molecule has 0 aliphatic carbocycles. The fraction of sp³-hybridized carbons (Fsp3) is 0.375. The van der Waals surface area contributed by atoms with Crippen molar-refractivity contribution in [2.45, 2.75) is 32.3 Å². The summed E-state index contributed by atoms with van der Waals surface area (Å²) in [6.45, 7) is 2.86. The van der Waals surface area contributed by atoms with E-state index in [1.807, 2.05) is 0 Å². The molecule has 2 nitrogen and oxygen atoms in total. The molecule has 1 atom stereocenters. The zero-order valence-corrected chi connectivity index (χ0v) is 11.9. The maximum Gasteiger partial charge on any atom is 0.122 e. The van der Waals surface area contributed by atoms with Gasteiger partial charge in [-0.2, -0.15) is 11.3 Å². The third-order valence-corrected chi connectivity index (χ3v) is 4.59. The average molecular weight is 274 g/mol. The van der Waals surface area contributed by atoms with Gasteiger partial charge in [0.15, 0.2) is 0 Å². The largest absolute Gasteiger partial charge is 0.493 e. The number of ether oxygens (including phenoxy) is 1. The van der Waals surface area contributed by atoms with Crippen LogP contribution in [0.3, 0.4) is 0 Å². The summed E-state index contributed by atoms with van der Waals surface area (Å²) >= 11 is 1.66. The van der Waals surface area contributed by atoms with Crippen molar-refractivity contribution >= 4 is 11.3 Å². The molecule has 0 amide bonds. The van der Waals surface area contributed by atoms with Crippen LogP contribution in [0.5, 0.6) is 5.75 Å². The van der Waals surface area contributed by atoms with Crippen LogP contribution in [-0.2, 0) is 12.8 Å². The maximum absolute atomic E-state index is 10.2. The Morgan fingerprint density at radius 2 is 2.26 bits per heavy atom. The van der Waals surface area contributed by atoms with E-state index in [0.717, 1.165) is 37.2 Å². The molecule has 1 aliphatic rings. The predicted octanol–water partition coefficient (Wildman–Crippen LogP) is 3.66. The third-order valence-electron chi connectivity index (χ3n) is 3.71. The Kier molecular flexibility index (Phi) is 3.58. The number of aliphatic hydroxyl groups excluding tert-OH is 1. The van der Waals surface area contributed by atoms with E-state index in [9.17, 15) is 5.11 Å². The summed E-state index contributed by atoms with van der Waals surface area (Å²) in [5.41, 5.74) is 4.87. The van der Waals surface area contributed by atoms with Crippen molar-refractivity contribution in [2.75, 3.05) is 6.61 Å². The minimum Gasteiger partial charge on any atom is -0.493 e. The van der Waals surface area contributed by atoms with Crippen LogP contribution in [0.2, 0.25) is 0 Å². The molecule has 0 saturated heterocycles. The molecule has 0 bridgehead atoms. The lowest BCUT2D eigenvalue weighted by molar-refractivity contribution is 0.167. The number of fused-ring (bicyclic) bond motifs is 1. The Balaban J connectivity index is 1.65. The van der Waals surface area contributed by atoms with Gasteiger partial charge in [-0.25, -0.2) is 0 Å². The minimum atomic E-state index is -0.351. The van der Waals surface area contributed by atoms with Crippen LogP contribution in [0.25, 0.3) is 0 Å². The van der Waals surface area contributed by atoms with Gasteiger partial charge in [-0.05, 0) is 58.8 Å². The lowest BCUT2D eigenvalue weighted by Crippen LogP contribution is -2.00. The first-order valence-electron chi connectivity index (χ1n) is 6.69. The molecule has 1 aromatic heterocycles. The highest BCUT2D eigenvalue weighted by Crippen LogP contribution is 2.28. The van der Waals surface area contributed by atoms with Crippen molar-refractivity contribution in [3.05, 3.63) is 51.2 Å². The minimum absolute atomic E-state index is 0.351. The maximum atomic E-state index is 10.2. The molecule has 1 aliphatic heterocycles. The average Bonchev–Trinajstić information content (AvgIpc) is 3.03. The Bertz CT molecular complexity index is 574. The molecule has 3 rings (SSSR count). The molecule has 3 heteroatoms. The number of aryl methyl sites for hydroxylation is 2. The molecule has 1 aromatic carbocycles. The van der Waals surface area contributed by atoms with Crippen molar-refractivity contribution in [3.63, 3.8) is 0 Å². The molecule has 2 heterocycles. The molecule has 0 saturated carbocycles. The summed E-state index contributed by atoms with van der Waals surface area (Å²) in [6.07, 6.45) is 2.34. The lowest BCUT2D eigenvalue weighted by atomic mass is 9.99. The van der Waals surface area contributed by atoms with Gasteiger partial charge in [-0.3, -0.25) is 0 Å². The van der Waals surface area contributed by atoms with E-state index in [2.05, 4.69) is 35.9 Å². The standard InChI is InChI=1S/C16H18O2S/c1-11-9-19-10-14(11)15(17)4-2-12-3-5-16-13(8-12)6-7-18-16/h3,5,8-10,15,17H,2,4,6-7H2,1H3. The summed E-state index contributed by atoms with van der Waals surface area (Å²) in [5.74, 6) is 1.03. The van der Waals surface area contributed by atoms with Gasteiger partial charge in [-0.15, -0.1) is 0 Å². The van der Waals surface area contributed by atoms with Crippen LogP contribution in [0, 0.1) is 6.92 Å². The molecule has 0 fully saturated rings. The van der Waals surface area contributed by atoms with Gasteiger partial charge >= 0.3 is 0 Å². The van der Waals surface area contributed by atoms with Crippen LogP contribution in [0.15, 0.2) is 29.0 Å². The zero-order valence-electron chi connectivity index (χ0n) is 11.1. The van der Waals surface area contributed by atoms with Crippen molar-refractivity contribution in [1.82, 2.24) is 0 Å². The first-order valence-corrected chi connectivity index (χ1v) is 7.63. The van der Waals surface area contributed by atoms with E-state index in [1.54, 1.807) is 11.3 Å². The van der Waals surface area contributed by atoms with Crippen LogP contribution in [0.1, 0.15) is 34.8 Å². The van der Waals surface area contributed by atoms with Gasteiger partial charge in [0.05, 0.1) is 12.7 Å². The van der Waals surface area contributed by atoms with Gasteiger partial charge in [0, 0.05) is 6.42 Å². The molecule has 2 aromatic rings. The summed E-state index contributed by atoms with van der Waals surface area (Å²) in [5, 5.41) is 14.4. The van der Waals surface area contributed by atoms with Crippen LogP contribution in [0.4, 0.5) is 0 Å². The Hall–Kier alpha value is -1.32. The molecular weight excluding hydrogens is 256 g/mol. The van der Waals surface area contributed by atoms with Gasteiger partial charge < -0.3 is 9.84 Å². The SMILES string of the molecule is Cc1cscc1C(O)CCc1ccc2c(c1)CCO2. The zero-order chi connectivity index (χ0) is 13.2. The second-order valence-electron chi connectivity index (χ2n) is 5.11. The first-order chi connectivity index (χ1) is 9.24. The van der Waals surface area contributed by atoms with E-state index >= 15 is 0 Å². The highest BCUT2D eigenvalue weighted by molar-refractivity contribution is 7.08. The number of aliphatic hydroxyl groups is 1. The number of benzene rings is 1. The highest BCUT2D eigenvalue weighted by atomic mass is 32.1. The monoisotopic (exact) mass is 274 g/mol. The Labute approximate surface area is 117 Å². The lowest BCUT2D eigenvalue weighted by Gasteiger charge is -2.11. The fourth-order valence-corrected chi connectivity index (χ4v) is 3.46. The van der Waals surface area contributed by atoms with Gasteiger partial charge in [0.1, 0.15) is 5.75 Å². The van der Waals surface area contributed by atoms with Gasteiger partial charge in [0.2, 0.25) is 0 Å².